The Kier molecular flexibility index (Phi) is 4.82. The Bertz CT molecular complexity index is 970. The second kappa shape index (κ2) is 7.41. The molecule has 3 aromatic carbocycles. The minimum atomic E-state index is -0.256. The molecule has 0 saturated heterocycles. The molecule has 1 aliphatic rings. The van der Waals surface area contributed by atoms with E-state index in [0.717, 1.165) is 28.3 Å². The van der Waals surface area contributed by atoms with Crippen LogP contribution in [0.25, 0.3) is 0 Å². The first-order chi connectivity index (χ1) is 13.2. The third kappa shape index (κ3) is 3.53. The molecule has 3 aromatic rings. The van der Waals surface area contributed by atoms with Crippen LogP contribution in [-0.2, 0) is 0 Å². The summed E-state index contributed by atoms with van der Waals surface area (Å²) in [5.41, 5.74) is 3.80. The molecule has 0 bridgehead atoms. The number of halogens is 2. The number of hydrogen-bond acceptors (Lipinski definition) is 3. The Hall–Kier alpha value is -2.85. The fourth-order valence-corrected chi connectivity index (χ4v) is 3.47. The average molecular weight is 381 g/mol. The van der Waals surface area contributed by atoms with Crippen LogP contribution in [0.2, 0.25) is 5.02 Å². The van der Waals surface area contributed by atoms with E-state index in [4.69, 9.17) is 21.4 Å². The summed E-state index contributed by atoms with van der Waals surface area (Å²) in [4.78, 5) is 0. The van der Waals surface area contributed by atoms with Crippen LogP contribution in [0, 0.1) is 5.82 Å². The predicted octanol–water partition coefficient (Wildman–Crippen LogP) is 5.84. The quantitative estimate of drug-likeness (QED) is 0.567. The summed E-state index contributed by atoms with van der Waals surface area (Å²) in [6.45, 7) is 0. The van der Waals surface area contributed by atoms with E-state index in [0.29, 0.717) is 11.4 Å². The van der Waals surface area contributed by atoms with E-state index in [1.165, 1.54) is 12.1 Å². The van der Waals surface area contributed by atoms with E-state index in [9.17, 15) is 4.39 Å². The fourth-order valence-electron chi connectivity index (χ4n) is 3.34. The molecule has 27 heavy (non-hydrogen) atoms. The van der Waals surface area contributed by atoms with Crippen LogP contribution < -0.4 is 9.75 Å². The summed E-state index contributed by atoms with van der Waals surface area (Å²) in [6.07, 6.45) is 0.689. The van der Waals surface area contributed by atoms with Gasteiger partial charge in [-0.3, -0.25) is 5.01 Å². The molecule has 0 radical (unpaired) electrons. The van der Waals surface area contributed by atoms with E-state index in [2.05, 4.69) is 6.07 Å². The second-order valence-corrected chi connectivity index (χ2v) is 6.77. The second-order valence-electron chi connectivity index (χ2n) is 6.34. The van der Waals surface area contributed by atoms with Gasteiger partial charge in [0, 0.05) is 17.0 Å². The van der Waals surface area contributed by atoms with Gasteiger partial charge < -0.3 is 4.74 Å². The number of methoxy groups -OCH3 is 1. The molecule has 0 fully saturated rings. The number of benzene rings is 3. The molecule has 4 rings (SSSR count). The molecule has 3 nitrogen and oxygen atoms in total. The number of anilines is 1. The van der Waals surface area contributed by atoms with Gasteiger partial charge in [-0.05, 0) is 48.0 Å². The first kappa shape index (κ1) is 17.6. The predicted molar refractivity (Wildman–Crippen MR) is 107 cm³/mol. The van der Waals surface area contributed by atoms with Crippen LogP contribution >= 0.6 is 11.6 Å². The van der Waals surface area contributed by atoms with Crippen molar-refractivity contribution in [3.05, 3.63) is 94.8 Å². The fraction of sp³-hybridized carbons (Fsp3) is 0.136. The summed E-state index contributed by atoms with van der Waals surface area (Å²) in [5.74, 6) is 0.560. The lowest BCUT2D eigenvalue weighted by Gasteiger charge is -2.25. The molecule has 0 saturated carbocycles. The molecule has 136 valence electrons. The third-order valence-electron chi connectivity index (χ3n) is 4.68. The molecule has 0 spiro atoms. The van der Waals surface area contributed by atoms with Crippen LogP contribution in [-0.4, -0.2) is 12.8 Å². The molecular weight excluding hydrogens is 363 g/mol. The molecule has 0 N–H and O–H groups in total. The zero-order valence-electron chi connectivity index (χ0n) is 14.8. The molecule has 1 aliphatic heterocycles. The zero-order chi connectivity index (χ0) is 18.8. The topological polar surface area (TPSA) is 24.8 Å². The minimum absolute atomic E-state index is 0.0256. The van der Waals surface area contributed by atoms with E-state index in [-0.39, 0.29) is 11.9 Å². The van der Waals surface area contributed by atoms with Crippen LogP contribution in [0.4, 0.5) is 10.1 Å². The van der Waals surface area contributed by atoms with Crippen molar-refractivity contribution in [2.45, 2.75) is 12.5 Å². The third-order valence-corrected chi connectivity index (χ3v) is 4.93. The van der Waals surface area contributed by atoms with E-state index in [1.54, 1.807) is 19.2 Å². The minimum Gasteiger partial charge on any atom is -0.496 e. The Morgan fingerprint density at radius 3 is 2.41 bits per heavy atom. The normalized spacial score (nSPS) is 16.3. The van der Waals surface area contributed by atoms with Crippen molar-refractivity contribution in [2.75, 3.05) is 12.1 Å². The van der Waals surface area contributed by atoms with Crippen molar-refractivity contribution in [1.29, 1.82) is 0 Å². The molecular formula is C22H18ClFN2O. The van der Waals surface area contributed by atoms with E-state index < -0.39 is 0 Å². The van der Waals surface area contributed by atoms with Gasteiger partial charge in [-0.15, -0.1) is 0 Å². The van der Waals surface area contributed by atoms with Crippen LogP contribution in [0.5, 0.6) is 5.75 Å². The van der Waals surface area contributed by atoms with E-state index in [1.807, 2.05) is 47.5 Å². The monoisotopic (exact) mass is 380 g/mol. The molecule has 1 atom stereocenters. The lowest BCUT2D eigenvalue weighted by Crippen LogP contribution is -2.19. The van der Waals surface area contributed by atoms with Crippen LogP contribution in [0.1, 0.15) is 23.6 Å². The number of para-hydroxylation sites is 1. The Balaban J connectivity index is 1.77. The smallest absolute Gasteiger partial charge is 0.124 e. The van der Waals surface area contributed by atoms with Gasteiger partial charge in [0.25, 0.3) is 0 Å². The standard InChI is InChI=1S/C22H18ClFN2O/c1-27-22-5-3-2-4-19(22)21-14-20(15-6-10-17(24)11-7-15)25-26(21)18-12-8-16(23)9-13-18/h2-13,21H,14H2,1H3/t21-/m1/s1. The molecule has 1 heterocycles. The largest absolute Gasteiger partial charge is 0.496 e. The van der Waals surface area contributed by atoms with Crippen LogP contribution in [0.3, 0.4) is 0 Å². The zero-order valence-corrected chi connectivity index (χ0v) is 15.5. The maximum atomic E-state index is 13.3. The van der Waals surface area contributed by atoms with E-state index >= 15 is 0 Å². The highest BCUT2D eigenvalue weighted by Gasteiger charge is 2.31. The van der Waals surface area contributed by atoms with Crippen molar-refractivity contribution in [3.8, 4) is 5.75 Å². The molecule has 0 aromatic heterocycles. The highest BCUT2D eigenvalue weighted by atomic mass is 35.5. The summed E-state index contributed by atoms with van der Waals surface area (Å²) < 4.78 is 18.9. The van der Waals surface area contributed by atoms with Crippen molar-refractivity contribution in [3.63, 3.8) is 0 Å². The van der Waals surface area contributed by atoms with Gasteiger partial charge in [0.05, 0.1) is 24.6 Å². The number of rotatable bonds is 4. The number of hydrazone groups is 1. The molecule has 0 amide bonds. The Morgan fingerprint density at radius 2 is 1.70 bits per heavy atom. The maximum absolute atomic E-state index is 13.3. The SMILES string of the molecule is COc1ccccc1[C@H]1CC(c2ccc(F)cc2)=NN1c1ccc(Cl)cc1. The van der Waals surface area contributed by atoms with Gasteiger partial charge in [-0.25, -0.2) is 4.39 Å². The molecule has 0 aliphatic carbocycles. The molecule has 0 unspecified atom stereocenters. The van der Waals surface area contributed by atoms with Crippen molar-refractivity contribution in [2.24, 2.45) is 5.10 Å². The lowest BCUT2D eigenvalue weighted by molar-refractivity contribution is 0.405. The van der Waals surface area contributed by atoms with Gasteiger partial charge in [0.1, 0.15) is 11.6 Å². The summed E-state index contributed by atoms with van der Waals surface area (Å²) in [6, 6.07) is 22.0. The first-order valence-electron chi connectivity index (χ1n) is 8.67. The molecule has 5 heteroatoms. The highest BCUT2D eigenvalue weighted by molar-refractivity contribution is 6.30. The van der Waals surface area contributed by atoms with Gasteiger partial charge >= 0.3 is 0 Å². The average Bonchev–Trinajstić information content (AvgIpc) is 3.14. The summed E-state index contributed by atoms with van der Waals surface area (Å²) in [5, 5.41) is 7.50. The van der Waals surface area contributed by atoms with Gasteiger partial charge in [-0.2, -0.15) is 5.10 Å². The summed E-state index contributed by atoms with van der Waals surface area (Å²) >= 11 is 6.05. The highest BCUT2D eigenvalue weighted by Crippen LogP contribution is 2.40. The Labute approximate surface area is 162 Å². The van der Waals surface area contributed by atoms with Gasteiger partial charge in [0.2, 0.25) is 0 Å². The first-order valence-corrected chi connectivity index (χ1v) is 9.04. The van der Waals surface area contributed by atoms with Crippen LogP contribution in [0.15, 0.2) is 77.9 Å². The van der Waals surface area contributed by atoms with Gasteiger partial charge in [0.15, 0.2) is 0 Å². The maximum Gasteiger partial charge on any atom is 0.124 e. The van der Waals surface area contributed by atoms with Crippen molar-refractivity contribution >= 4 is 23.0 Å². The number of ether oxygens (including phenoxy) is 1. The Morgan fingerprint density at radius 1 is 1.00 bits per heavy atom. The number of hydrogen-bond donors (Lipinski definition) is 0. The lowest BCUT2D eigenvalue weighted by atomic mass is 9.97. The summed E-state index contributed by atoms with van der Waals surface area (Å²) in [7, 11) is 1.67. The van der Waals surface area contributed by atoms with Crippen molar-refractivity contribution in [1.82, 2.24) is 0 Å². The van der Waals surface area contributed by atoms with Gasteiger partial charge in [-0.1, -0.05) is 41.9 Å². The number of nitrogens with zero attached hydrogens (tertiary/aromatic N) is 2. The van der Waals surface area contributed by atoms with Crippen molar-refractivity contribution < 1.29 is 9.13 Å².